The SMILES string of the molecule is CCCCn1cc(CNC(=O)N2CCC(C(=O)O)CC2)c(C)n1. The molecule has 1 aromatic heterocycles. The van der Waals surface area contributed by atoms with E-state index >= 15 is 0 Å². The number of aliphatic carboxylic acids is 1. The van der Waals surface area contributed by atoms with Crippen LogP contribution >= 0.6 is 0 Å². The number of piperidine rings is 1. The number of likely N-dealkylation sites (tertiary alicyclic amines) is 1. The van der Waals surface area contributed by atoms with Gasteiger partial charge in [0.2, 0.25) is 0 Å². The number of hydrogen-bond donors (Lipinski definition) is 2. The van der Waals surface area contributed by atoms with E-state index in [1.165, 1.54) is 0 Å². The fourth-order valence-corrected chi connectivity index (χ4v) is 2.78. The number of amides is 2. The van der Waals surface area contributed by atoms with E-state index in [-0.39, 0.29) is 11.9 Å². The number of rotatable bonds is 6. The fourth-order valence-electron chi connectivity index (χ4n) is 2.78. The maximum absolute atomic E-state index is 12.2. The van der Waals surface area contributed by atoms with Crippen LogP contribution in [0.3, 0.4) is 0 Å². The summed E-state index contributed by atoms with van der Waals surface area (Å²) in [4.78, 5) is 24.8. The maximum atomic E-state index is 12.2. The average Bonchev–Trinajstić information content (AvgIpc) is 2.90. The Hall–Kier alpha value is -2.05. The number of hydrogen-bond acceptors (Lipinski definition) is 3. The highest BCUT2D eigenvalue weighted by atomic mass is 16.4. The van der Waals surface area contributed by atoms with Crippen molar-refractivity contribution in [1.82, 2.24) is 20.0 Å². The van der Waals surface area contributed by atoms with Crippen molar-refractivity contribution in [3.8, 4) is 0 Å². The summed E-state index contributed by atoms with van der Waals surface area (Å²) in [6, 6.07) is -0.130. The number of carbonyl (C=O) groups excluding carboxylic acids is 1. The first-order chi connectivity index (χ1) is 11.0. The minimum Gasteiger partial charge on any atom is -0.481 e. The second kappa shape index (κ2) is 7.99. The van der Waals surface area contributed by atoms with Gasteiger partial charge in [0, 0.05) is 37.9 Å². The molecule has 1 fully saturated rings. The Morgan fingerprint density at radius 3 is 2.70 bits per heavy atom. The first-order valence-electron chi connectivity index (χ1n) is 8.29. The molecular formula is C16H26N4O3. The van der Waals surface area contributed by atoms with Crippen LogP contribution in [0.2, 0.25) is 0 Å². The van der Waals surface area contributed by atoms with Crippen molar-refractivity contribution in [1.29, 1.82) is 0 Å². The van der Waals surface area contributed by atoms with Crippen LogP contribution in [0.4, 0.5) is 4.79 Å². The lowest BCUT2D eigenvalue weighted by atomic mass is 9.97. The zero-order valence-electron chi connectivity index (χ0n) is 13.9. The molecule has 2 N–H and O–H groups in total. The summed E-state index contributed by atoms with van der Waals surface area (Å²) in [5.41, 5.74) is 1.96. The molecule has 0 saturated carbocycles. The van der Waals surface area contributed by atoms with Gasteiger partial charge in [0.1, 0.15) is 0 Å². The number of aromatic nitrogens is 2. The quantitative estimate of drug-likeness (QED) is 0.838. The van der Waals surface area contributed by atoms with Gasteiger partial charge in [-0.25, -0.2) is 4.79 Å². The highest BCUT2D eigenvalue weighted by Crippen LogP contribution is 2.17. The van der Waals surface area contributed by atoms with Crippen LogP contribution in [-0.4, -0.2) is 44.9 Å². The Labute approximate surface area is 136 Å². The van der Waals surface area contributed by atoms with E-state index in [9.17, 15) is 9.59 Å². The van der Waals surface area contributed by atoms with E-state index in [0.29, 0.717) is 32.5 Å². The zero-order valence-corrected chi connectivity index (χ0v) is 13.9. The lowest BCUT2D eigenvalue weighted by Gasteiger charge is -2.30. The smallest absolute Gasteiger partial charge is 0.317 e. The van der Waals surface area contributed by atoms with E-state index in [1.807, 2.05) is 17.8 Å². The van der Waals surface area contributed by atoms with Crippen molar-refractivity contribution in [3.63, 3.8) is 0 Å². The molecule has 0 aromatic carbocycles. The number of carboxylic acid groups (broad SMARTS) is 1. The minimum atomic E-state index is -0.764. The summed E-state index contributed by atoms with van der Waals surface area (Å²) in [7, 11) is 0. The standard InChI is InChI=1S/C16H26N4O3/c1-3-4-7-20-11-14(12(2)18-20)10-17-16(23)19-8-5-13(6-9-19)15(21)22/h11,13H,3-10H2,1-2H3,(H,17,23)(H,21,22). The largest absolute Gasteiger partial charge is 0.481 e. The van der Waals surface area contributed by atoms with Crippen LogP contribution in [-0.2, 0) is 17.9 Å². The summed E-state index contributed by atoms with van der Waals surface area (Å²) in [5, 5.41) is 16.3. The topological polar surface area (TPSA) is 87.5 Å². The Morgan fingerprint density at radius 1 is 1.39 bits per heavy atom. The van der Waals surface area contributed by atoms with Gasteiger partial charge >= 0.3 is 12.0 Å². The van der Waals surface area contributed by atoms with Gasteiger partial charge in [-0.2, -0.15) is 5.10 Å². The number of unbranched alkanes of at least 4 members (excludes halogenated alkanes) is 1. The van der Waals surface area contributed by atoms with Gasteiger partial charge in [0.15, 0.2) is 0 Å². The predicted octanol–water partition coefficient (Wildman–Crippen LogP) is 2.00. The molecule has 7 nitrogen and oxygen atoms in total. The summed E-state index contributed by atoms with van der Waals surface area (Å²) in [5.74, 6) is -1.08. The van der Waals surface area contributed by atoms with Gasteiger partial charge in [0.25, 0.3) is 0 Å². The van der Waals surface area contributed by atoms with Gasteiger partial charge in [-0.15, -0.1) is 0 Å². The number of nitrogens with zero attached hydrogens (tertiary/aromatic N) is 3. The third-order valence-electron chi connectivity index (χ3n) is 4.35. The van der Waals surface area contributed by atoms with Gasteiger partial charge in [-0.05, 0) is 26.2 Å². The summed E-state index contributed by atoms with van der Waals surface area (Å²) < 4.78 is 1.93. The lowest BCUT2D eigenvalue weighted by Crippen LogP contribution is -2.45. The van der Waals surface area contributed by atoms with Crippen LogP contribution in [0.25, 0.3) is 0 Å². The molecule has 7 heteroatoms. The van der Waals surface area contributed by atoms with E-state index in [0.717, 1.165) is 30.6 Å². The highest BCUT2D eigenvalue weighted by Gasteiger charge is 2.26. The molecule has 0 radical (unpaired) electrons. The molecule has 0 spiro atoms. The van der Waals surface area contributed by atoms with Crippen molar-refractivity contribution in [2.45, 2.75) is 52.6 Å². The number of urea groups is 1. The van der Waals surface area contributed by atoms with Crippen LogP contribution in [0.1, 0.15) is 43.9 Å². The molecule has 23 heavy (non-hydrogen) atoms. The first kappa shape index (κ1) is 17.3. The van der Waals surface area contributed by atoms with Crippen molar-refractivity contribution in [2.24, 2.45) is 5.92 Å². The Bertz CT molecular complexity index is 548. The Balaban J connectivity index is 1.80. The van der Waals surface area contributed by atoms with Gasteiger partial charge in [0.05, 0.1) is 11.6 Å². The molecule has 0 atom stereocenters. The van der Waals surface area contributed by atoms with Crippen molar-refractivity contribution in [3.05, 3.63) is 17.5 Å². The monoisotopic (exact) mass is 322 g/mol. The number of aryl methyl sites for hydroxylation is 2. The number of carboxylic acids is 1. The Morgan fingerprint density at radius 2 is 2.09 bits per heavy atom. The molecule has 0 bridgehead atoms. The van der Waals surface area contributed by atoms with Crippen LogP contribution in [0.5, 0.6) is 0 Å². The fraction of sp³-hybridized carbons (Fsp3) is 0.688. The molecule has 1 saturated heterocycles. The molecule has 2 heterocycles. The van der Waals surface area contributed by atoms with E-state index in [4.69, 9.17) is 5.11 Å². The molecule has 0 aliphatic carbocycles. The molecule has 2 rings (SSSR count). The first-order valence-corrected chi connectivity index (χ1v) is 8.29. The molecule has 1 aromatic rings. The average molecular weight is 322 g/mol. The Kier molecular flexibility index (Phi) is 6.01. The van der Waals surface area contributed by atoms with E-state index in [1.54, 1.807) is 4.90 Å². The molecule has 128 valence electrons. The number of carbonyl (C=O) groups is 2. The summed E-state index contributed by atoms with van der Waals surface area (Å²) in [6.45, 7) is 6.44. The van der Waals surface area contributed by atoms with Crippen LogP contribution in [0.15, 0.2) is 6.20 Å². The second-order valence-corrected chi connectivity index (χ2v) is 6.11. The summed E-state index contributed by atoms with van der Waals surface area (Å²) in [6.07, 6.45) is 5.25. The molecule has 2 amide bonds. The minimum absolute atomic E-state index is 0.130. The highest BCUT2D eigenvalue weighted by molar-refractivity contribution is 5.75. The van der Waals surface area contributed by atoms with Gasteiger partial charge in [-0.3, -0.25) is 9.48 Å². The van der Waals surface area contributed by atoms with Gasteiger partial charge in [-0.1, -0.05) is 13.3 Å². The lowest BCUT2D eigenvalue weighted by molar-refractivity contribution is -0.143. The normalized spacial score (nSPS) is 15.7. The third-order valence-corrected chi connectivity index (χ3v) is 4.35. The summed E-state index contributed by atoms with van der Waals surface area (Å²) >= 11 is 0. The van der Waals surface area contributed by atoms with Crippen molar-refractivity contribution in [2.75, 3.05) is 13.1 Å². The van der Waals surface area contributed by atoms with E-state index < -0.39 is 5.97 Å². The predicted molar refractivity (Wildman–Crippen MR) is 86.0 cm³/mol. The zero-order chi connectivity index (χ0) is 16.8. The van der Waals surface area contributed by atoms with E-state index in [2.05, 4.69) is 17.3 Å². The van der Waals surface area contributed by atoms with Crippen molar-refractivity contribution < 1.29 is 14.7 Å². The molecule has 1 aliphatic heterocycles. The second-order valence-electron chi connectivity index (χ2n) is 6.11. The molecule has 0 unspecified atom stereocenters. The van der Waals surface area contributed by atoms with Crippen molar-refractivity contribution >= 4 is 12.0 Å². The third kappa shape index (κ3) is 4.71. The van der Waals surface area contributed by atoms with Crippen LogP contribution in [0, 0.1) is 12.8 Å². The van der Waals surface area contributed by atoms with Crippen LogP contribution < -0.4 is 5.32 Å². The molecule has 1 aliphatic rings. The van der Waals surface area contributed by atoms with Gasteiger partial charge < -0.3 is 15.3 Å². The maximum Gasteiger partial charge on any atom is 0.317 e. The number of nitrogens with one attached hydrogen (secondary N) is 1. The molecular weight excluding hydrogens is 296 g/mol.